The van der Waals surface area contributed by atoms with Gasteiger partial charge in [0.2, 0.25) is 5.91 Å². The van der Waals surface area contributed by atoms with E-state index in [0.717, 1.165) is 0 Å². The first-order valence-electron chi connectivity index (χ1n) is 9.04. The molecule has 0 radical (unpaired) electrons. The standard InChI is InChI=1S/C21H19FN2O3/c22-15-5-3-4-14(12-15)13-19(25)23-10-8-16(9-11-23)24-20(26)17-6-1-2-7-18(17)21(24)27/h1-7,12,16H,8-11,13H2. The molecule has 0 aliphatic carbocycles. The van der Waals surface area contributed by atoms with Crippen LogP contribution < -0.4 is 0 Å². The third-order valence-electron chi connectivity index (χ3n) is 5.25. The molecule has 2 aliphatic rings. The highest BCUT2D eigenvalue weighted by atomic mass is 19.1. The van der Waals surface area contributed by atoms with E-state index in [1.54, 1.807) is 41.3 Å². The van der Waals surface area contributed by atoms with Crippen molar-refractivity contribution in [3.8, 4) is 0 Å². The minimum absolute atomic E-state index is 0.0681. The van der Waals surface area contributed by atoms with E-state index >= 15 is 0 Å². The zero-order valence-corrected chi connectivity index (χ0v) is 14.7. The third kappa shape index (κ3) is 3.23. The van der Waals surface area contributed by atoms with Crippen LogP contribution >= 0.6 is 0 Å². The number of benzene rings is 2. The molecule has 1 saturated heterocycles. The Morgan fingerprint density at radius 3 is 2.19 bits per heavy atom. The second-order valence-electron chi connectivity index (χ2n) is 6.94. The number of rotatable bonds is 3. The lowest BCUT2D eigenvalue weighted by molar-refractivity contribution is -0.131. The van der Waals surface area contributed by atoms with Crippen molar-refractivity contribution in [2.24, 2.45) is 0 Å². The molecule has 0 N–H and O–H groups in total. The number of imide groups is 1. The van der Waals surface area contributed by atoms with E-state index in [4.69, 9.17) is 0 Å². The van der Waals surface area contributed by atoms with Crippen molar-refractivity contribution in [2.75, 3.05) is 13.1 Å². The smallest absolute Gasteiger partial charge is 0.261 e. The first-order chi connectivity index (χ1) is 13.0. The molecule has 2 aromatic rings. The van der Waals surface area contributed by atoms with E-state index in [2.05, 4.69) is 0 Å². The van der Waals surface area contributed by atoms with Gasteiger partial charge in [-0.3, -0.25) is 19.3 Å². The SMILES string of the molecule is O=C(Cc1cccc(F)c1)N1CCC(N2C(=O)c3ccccc3C2=O)CC1. The number of piperidine rings is 1. The van der Waals surface area contributed by atoms with Crippen LogP contribution in [-0.4, -0.2) is 46.7 Å². The first kappa shape index (κ1) is 17.4. The lowest BCUT2D eigenvalue weighted by Crippen LogP contribution is -2.49. The maximum absolute atomic E-state index is 13.3. The largest absolute Gasteiger partial charge is 0.342 e. The number of hydrogen-bond donors (Lipinski definition) is 0. The molecule has 0 spiro atoms. The summed E-state index contributed by atoms with van der Waals surface area (Å²) in [6.07, 6.45) is 1.26. The van der Waals surface area contributed by atoms with Crippen molar-refractivity contribution in [1.29, 1.82) is 0 Å². The van der Waals surface area contributed by atoms with E-state index in [1.165, 1.54) is 17.0 Å². The highest BCUT2D eigenvalue weighted by molar-refractivity contribution is 6.21. The van der Waals surface area contributed by atoms with Crippen LogP contribution in [0.5, 0.6) is 0 Å². The van der Waals surface area contributed by atoms with Crippen molar-refractivity contribution in [3.63, 3.8) is 0 Å². The van der Waals surface area contributed by atoms with Crippen molar-refractivity contribution in [2.45, 2.75) is 25.3 Å². The Bertz CT molecular complexity index is 884. The Balaban J connectivity index is 1.39. The second-order valence-corrected chi connectivity index (χ2v) is 6.94. The third-order valence-corrected chi connectivity index (χ3v) is 5.25. The molecule has 2 aliphatic heterocycles. The van der Waals surface area contributed by atoms with E-state index < -0.39 is 0 Å². The zero-order valence-electron chi connectivity index (χ0n) is 14.7. The summed E-state index contributed by atoms with van der Waals surface area (Å²) < 4.78 is 13.3. The number of hydrogen-bond acceptors (Lipinski definition) is 3. The van der Waals surface area contributed by atoms with Crippen LogP contribution in [0.25, 0.3) is 0 Å². The molecule has 0 bridgehead atoms. The summed E-state index contributed by atoms with van der Waals surface area (Å²) >= 11 is 0. The highest BCUT2D eigenvalue weighted by Crippen LogP contribution is 2.28. The molecule has 0 atom stereocenters. The average Bonchev–Trinajstić information content (AvgIpc) is 2.93. The van der Waals surface area contributed by atoms with Gasteiger partial charge < -0.3 is 4.90 Å². The summed E-state index contributed by atoms with van der Waals surface area (Å²) in [5.41, 5.74) is 1.54. The van der Waals surface area contributed by atoms with Gasteiger partial charge in [0, 0.05) is 19.1 Å². The monoisotopic (exact) mass is 366 g/mol. The van der Waals surface area contributed by atoms with Crippen LogP contribution in [0.1, 0.15) is 39.1 Å². The molecule has 0 unspecified atom stereocenters. The van der Waals surface area contributed by atoms with E-state index in [9.17, 15) is 18.8 Å². The molecule has 2 heterocycles. The van der Waals surface area contributed by atoms with Crippen LogP contribution in [-0.2, 0) is 11.2 Å². The molecule has 138 valence electrons. The fourth-order valence-electron chi connectivity index (χ4n) is 3.85. The summed E-state index contributed by atoms with van der Waals surface area (Å²) in [5.74, 6) is -0.925. The summed E-state index contributed by atoms with van der Waals surface area (Å²) in [6.45, 7) is 0.957. The molecule has 1 fully saturated rings. The van der Waals surface area contributed by atoms with Gasteiger partial charge in [0.05, 0.1) is 17.5 Å². The van der Waals surface area contributed by atoms with Gasteiger partial charge in [-0.2, -0.15) is 0 Å². The summed E-state index contributed by atoms with van der Waals surface area (Å²) in [7, 11) is 0. The quantitative estimate of drug-likeness (QED) is 0.785. The average molecular weight is 366 g/mol. The minimum Gasteiger partial charge on any atom is -0.342 e. The molecule has 5 nitrogen and oxygen atoms in total. The summed E-state index contributed by atoms with van der Waals surface area (Å²) in [4.78, 5) is 40.7. The number of carbonyl (C=O) groups excluding carboxylic acids is 3. The number of halogens is 1. The lowest BCUT2D eigenvalue weighted by Gasteiger charge is -2.35. The molecule has 0 aromatic heterocycles. The van der Waals surface area contributed by atoms with Gasteiger partial charge in [0.15, 0.2) is 0 Å². The number of likely N-dealkylation sites (tertiary alicyclic amines) is 1. The lowest BCUT2D eigenvalue weighted by atomic mass is 10.0. The molecule has 6 heteroatoms. The second kappa shape index (κ2) is 6.95. The van der Waals surface area contributed by atoms with Gasteiger partial charge in [-0.25, -0.2) is 4.39 Å². The minimum atomic E-state index is -0.357. The molecular formula is C21H19FN2O3. The van der Waals surface area contributed by atoms with Crippen molar-refractivity contribution < 1.29 is 18.8 Å². The van der Waals surface area contributed by atoms with Crippen LogP contribution in [0, 0.1) is 5.82 Å². The molecule has 4 rings (SSSR count). The Kier molecular flexibility index (Phi) is 4.48. The van der Waals surface area contributed by atoms with E-state index in [-0.39, 0.29) is 36.0 Å². The van der Waals surface area contributed by atoms with Gasteiger partial charge >= 0.3 is 0 Å². The predicted octanol–water partition coefficient (Wildman–Crippen LogP) is 2.66. The number of fused-ring (bicyclic) bond motifs is 1. The molecular weight excluding hydrogens is 347 g/mol. The van der Waals surface area contributed by atoms with Gasteiger partial charge in [0.1, 0.15) is 5.82 Å². The number of carbonyl (C=O) groups is 3. The van der Waals surface area contributed by atoms with Crippen LogP contribution in [0.4, 0.5) is 4.39 Å². The Hall–Kier alpha value is -3.02. The topological polar surface area (TPSA) is 57.7 Å². The number of nitrogens with zero attached hydrogens (tertiary/aromatic N) is 2. The van der Waals surface area contributed by atoms with Crippen molar-refractivity contribution in [3.05, 3.63) is 71.0 Å². The summed E-state index contributed by atoms with van der Waals surface area (Å²) in [6, 6.07) is 12.7. The summed E-state index contributed by atoms with van der Waals surface area (Å²) in [5, 5.41) is 0. The maximum atomic E-state index is 13.3. The van der Waals surface area contributed by atoms with Crippen LogP contribution in [0.15, 0.2) is 48.5 Å². The van der Waals surface area contributed by atoms with Gasteiger partial charge in [0.25, 0.3) is 11.8 Å². The predicted molar refractivity (Wildman–Crippen MR) is 96.6 cm³/mol. The Morgan fingerprint density at radius 2 is 1.59 bits per heavy atom. The molecule has 27 heavy (non-hydrogen) atoms. The maximum Gasteiger partial charge on any atom is 0.261 e. The zero-order chi connectivity index (χ0) is 19.0. The van der Waals surface area contributed by atoms with E-state index in [1.807, 2.05) is 0 Å². The molecule has 0 saturated carbocycles. The fraction of sp³-hybridized carbons (Fsp3) is 0.286. The Morgan fingerprint density at radius 1 is 0.963 bits per heavy atom. The molecule has 2 aromatic carbocycles. The Labute approximate surface area is 156 Å². The van der Waals surface area contributed by atoms with Crippen molar-refractivity contribution in [1.82, 2.24) is 9.80 Å². The van der Waals surface area contributed by atoms with Crippen molar-refractivity contribution >= 4 is 17.7 Å². The fourth-order valence-corrected chi connectivity index (χ4v) is 3.85. The first-order valence-corrected chi connectivity index (χ1v) is 9.04. The normalized spacial score (nSPS) is 17.4. The van der Waals surface area contributed by atoms with Crippen LogP contribution in [0.3, 0.4) is 0 Å². The number of amides is 3. The van der Waals surface area contributed by atoms with Gasteiger partial charge in [-0.15, -0.1) is 0 Å². The highest BCUT2D eigenvalue weighted by Gasteiger charge is 2.41. The van der Waals surface area contributed by atoms with Gasteiger partial charge in [-0.1, -0.05) is 24.3 Å². The molecule has 3 amide bonds. The van der Waals surface area contributed by atoms with Gasteiger partial charge in [-0.05, 0) is 42.7 Å². The van der Waals surface area contributed by atoms with E-state index in [0.29, 0.717) is 42.6 Å². The van der Waals surface area contributed by atoms with Crippen LogP contribution in [0.2, 0.25) is 0 Å².